The minimum Gasteiger partial charge on any atom is -0.359 e. The van der Waals surface area contributed by atoms with Crippen molar-refractivity contribution in [1.82, 2.24) is 29.5 Å². The third-order valence-electron chi connectivity index (χ3n) is 3.94. The van der Waals surface area contributed by atoms with E-state index in [2.05, 4.69) is 20.2 Å². The second-order valence-electron chi connectivity index (χ2n) is 5.25. The number of epoxide rings is 1. The third kappa shape index (κ3) is 2.00. The van der Waals surface area contributed by atoms with Crippen LogP contribution >= 0.6 is 0 Å². The Morgan fingerprint density at radius 2 is 2.00 bits per heavy atom. The average molecular weight is 300 g/mol. The zero-order valence-electron chi connectivity index (χ0n) is 11.8. The molecule has 112 valence electrons. The molecule has 1 aromatic carbocycles. The van der Waals surface area contributed by atoms with Crippen LogP contribution in [-0.4, -0.2) is 35.6 Å². The molecule has 22 heavy (non-hydrogen) atoms. The molecule has 3 heterocycles. The molecule has 0 spiro atoms. The van der Waals surface area contributed by atoms with Gasteiger partial charge in [0, 0.05) is 5.56 Å². The molecule has 0 unspecified atom stereocenters. The summed E-state index contributed by atoms with van der Waals surface area (Å²) in [6, 6.07) is 4.96. The van der Waals surface area contributed by atoms with Gasteiger partial charge in [-0.3, -0.25) is 0 Å². The lowest BCUT2D eigenvalue weighted by Crippen LogP contribution is -2.22. The van der Waals surface area contributed by atoms with Gasteiger partial charge in [0.05, 0.1) is 18.3 Å². The minimum atomic E-state index is -0.696. The topological polar surface area (TPSA) is 74.0 Å². The molecule has 0 aliphatic carbocycles. The number of ether oxygens (including phenoxy) is 1. The molecular formula is C14H13FN6O. The number of aromatic nitrogens is 6. The first-order valence-corrected chi connectivity index (χ1v) is 6.84. The number of benzene rings is 1. The van der Waals surface area contributed by atoms with E-state index in [0.29, 0.717) is 17.8 Å². The van der Waals surface area contributed by atoms with E-state index in [9.17, 15) is 4.39 Å². The normalized spacial score (nSPS) is 23.6. The lowest BCUT2D eigenvalue weighted by atomic mass is 9.95. The quantitative estimate of drug-likeness (QED) is 0.679. The van der Waals surface area contributed by atoms with Crippen molar-refractivity contribution >= 4 is 0 Å². The molecule has 1 saturated heterocycles. The van der Waals surface area contributed by atoms with E-state index in [-0.39, 0.29) is 11.9 Å². The summed E-state index contributed by atoms with van der Waals surface area (Å²) in [6.45, 7) is 2.34. The highest BCUT2D eigenvalue weighted by atomic mass is 19.1. The maximum Gasteiger partial charge on any atom is 0.142 e. The van der Waals surface area contributed by atoms with Crippen LogP contribution in [0.3, 0.4) is 0 Å². The molecular weight excluding hydrogens is 287 g/mol. The Hall–Kier alpha value is -2.61. The zero-order chi connectivity index (χ0) is 15.2. The van der Waals surface area contributed by atoms with Gasteiger partial charge in [-0.05, 0) is 19.1 Å². The van der Waals surface area contributed by atoms with Gasteiger partial charge in [0.25, 0.3) is 0 Å². The molecule has 0 bridgehead atoms. The maximum absolute atomic E-state index is 14.6. The van der Waals surface area contributed by atoms with Crippen LogP contribution in [0.2, 0.25) is 0 Å². The van der Waals surface area contributed by atoms with E-state index in [1.54, 1.807) is 23.1 Å². The van der Waals surface area contributed by atoms with E-state index in [4.69, 9.17) is 4.74 Å². The highest BCUT2D eigenvalue weighted by Crippen LogP contribution is 2.48. The highest BCUT2D eigenvalue weighted by Gasteiger charge is 2.56. The number of rotatable bonds is 4. The average Bonchev–Trinajstić information content (AvgIpc) is 2.99. The summed E-state index contributed by atoms with van der Waals surface area (Å²) in [4.78, 5) is 7.77. The lowest BCUT2D eigenvalue weighted by molar-refractivity contribution is 0.258. The van der Waals surface area contributed by atoms with Crippen LogP contribution in [0.5, 0.6) is 0 Å². The predicted octanol–water partition coefficient (Wildman–Crippen LogP) is 1.31. The van der Waals surface area contributed by atoms with E-state index in [1.165, 1.54) is 29.7 Å². The van der Waals surface area contributed by atoms with Crippen molar-refractivity contribution in [3.8, 4) is 5.69 Å². The summed E-state index contributed by atoms with van der Waals surface area (Å²) < 4.78 is 23.5. The van der Waals surface area contributed by atoms with Gasteiger partial charge in [0.1, 0.15) is 36.7 Å². The Morgan fingerprint density at radius 3 is 2.59 bits per heavy atom. The van der Waals surface area contributed by atoms with Crippen LogP contribution in [0.4, 0.5) is 4.39 Å². The number of nitrogens with zero attached hydrogens (tertiary/aromatic N) is 6. The molecule has 1 fully saturated rings. The Bertz CT molecular complexity index is 788. The van der Waals surface area contributed by atoms with E-state index < -0.39 is 5.60 Å². The summed E-state index contributed by atoms with van der Waals surface area (Å²) >= 11 is 0. The van der Waals surface area contributed by atoms with Crippen molar-refractivity contribution in [1.29, 1.82) is 0 Å². The van der Waals surface area contributed by atoms with Crippen LogP contribution in [0, 0.1) is 5.82 Å². The number of halogens is 1. The molecule has 0 radical (unpaired) electrons. The molecule has 4 rings (SSSR count). The Morgan fingerprint density at radius 1 is 1.23 bits per heavy atom. The van der Waals surface area contributed by atoms with Crippen LogP contribution in [0.25, 0.3) is 5.69 Å². The van der Waals surface area contributed by atoms with Crippen molar-refractivity contribution in [2.24, 2.45) is 0 Å². The monoisotopic (exact) mass is 300 g/mol. The van der Waals surface area contributed by atoms with Crippen molar-refractivity contribution < 1.29 is 9.13 Å². The predicted molar refractivity (Wildman–Crippen MR) is 73.6 cm³/mol. The molecule has 2 atom stereocenters. The summed E-state index contributed by atoms with van der Waals surface area (Å²) in [5.74, 6) is -0.336. The molecule has 7 nitrogen and oxygen atoms in total. The van der Waals surface area contributed by atoms with Gasteiger partial charge in [-0.1, -0.05) is 6.07 Å². The Labute approximate surface area is 125 Å². The second-order valence-corrected chi connectivity index (χ2v) is 5.25. The first-order valence-electron chi connectivity index (χ1n) is 6.84. The SMILES string of the molecule is C[C@@H]1O[C@@]1(Cn1cncn1)c1ccc(-n2cncn2)cc1F. The van der Waals surface area contributed by atoms with E-state index in [1.807, 2.05) is 6.92 Å². The van der Waals surface area contributed by atoms with E-state index >= 15 is 0 Å². The van der Waals surface area contributed by atoms with Crippen LogP contribution in [0.1, 0.15) is 12.5 Å². The van der Waals surface area contributed by atoms with Crippen molar-refractivity contribution in [3.63, 3.8) is 0 Å². The largest absolute Gasteiger partial charge is 0.359 e. The van der Waals surface area contributed by atoms with Gasteiger partial charge in [-0.2, -0.15) is 10.2 Å². The van der Waals surface area contributed by atoms with Crippen molar-refractivity contribution in [3.05, 3.63) is 54.9 Å². The fourth-order valence-corrected chi connectivity index (χ4v) is 2.70. The zero-order valence-corrected chi connectivity index (χ0v) is 11.8. The first kappa shape index (κ1) is 13.1. The fraction of sp³-hybridized carbons (Fsp3) is 0.286. The van der Waals surface area contributed by atoms with Gasteiger partial charge in [-0.25, -0.2) is 23.7 Å². The van der Waals surface area contributed by atoms with Gasteiger partial charge >= 0.3 is 0 Å². The summed E-state index contributed by atoms with van der Waals surface area (Å²) in [5.41, 5.74) is 0.431. The van der Waals surface area contributed by atoms with Crippen molar-refractivity contribution in [2.45, 2.75) is 25.2 Å². The highest BCUT2D eigenvalue weighted by molar-refractivity contribution is 5.39. The fourth-order valence-electron chi connectivity index (χ4n) is 2.70. The van der Waals surface area contributed by atoms with Crippen LogP contribution in [0.15, 0.2) is 43.5 Å². The van der Waals surface area contributed by atoms with E-state index in [0.717, 1.165) is 0 Å². The molecule has 8 heteroatoms. The van der Waals surface area contributed by atoms with Gasteiger partial charge < -0.3 is 4.74 Å². The number of hydrogen-bond acceptors (Lipinski definition) is 5. The first-order chi connectivity index (χ1) is 10.7. The molecule has 1 aliphatic heterocycles. The molecule has 2 aromatic heterocycles. The van der Waals surface area contributed by atoms with Crippen LogP contribution < -0.4 is 0 Å². The molecule has 3 aromatic rings. The van der Waals surface area contributed by atoms with Crippen molar-refractivity contribution in [2.75, 3.05) is 0 Å². The number of hydrogen-bond donors (Lipinski definition) is 0. The van der Waals surface area contributed by atoms with Crippen LogP contribution in [-0.2, 0) is 16.9 Å². The second kappa shape index (κ2) is 4.70. The molecule has 0 saturated carbocycles. The van der Waals surface area contributed by atoms with Gasteiger partial charge in [0.15, 0.2) is 0 Å². The molecule has 0 amide bonds. The smallest absolute Gasteiger partial charge is 0.142 e. The molecule has 0 N–H and O–H groups in total. The lowest BCUT2D eigenvalue weighted by Gasteiger charge is -2.15. The van der Waals surface area contributed by atoms with Gasteiger partial charge in [0.2, 0.25) is 0 Å². The minimum absolute atomic E-state index is 0.0802. The summed E-state index contributed by atoms with van der Waals surface area (Å²) in [7, 11) is 0. The van der Waals surface area contributed by atoms with Gasteiger partial charge in [-0.15, -0.1) is 0 Å². The maximum atomic E-state index is 14.6. The molecule has 1 aliphatic rings. The Kier molecular flexibility index (Phi) is 2.80. The Balaban J connectivity index is 1.69. The third-order valence-corrected chi connectivity index (χ3v) is 3.94. The standard InChI is InChI=1S/C14H13FN6O/c1-10-14(22-10,5-20-8-16-6-18-20)12-3-2-11(4-13(12)15)21-9-17-7-19-21/h2-4,6-10H,5H2,1H3/t10-,14+/m0/s1. The summed E-state index contributed by atoms with van der Waals surface area (Å²) in [6.07, 6.45) is 5.89. The summed E-state index contributed by atoms with van der Waals surface area (Å²) in [5, 5.41) is 8.07.